The second-order valence-corrected chi connectivity index (χ2v) is 5.87. The van der Waals surface area contributed by atoms with E-state index in [9.17, 15) is 0 Å². The minimum absolute atomic E-state index is 0.414. The number of likely N-dealkylation sites (N-methyl/N-ethyl adjacent to an activating group) is 2. The van der Waals surface area contributed by atoms with Gasteiger partial charge in [-0.2, -0.15) is 11.3 Å². The average Bonchev–Trinajstić information content (AvgIpc) is 2.98. The first-order chi connectivity index (χ1) is 8.78. The third kappa shape index (κ3) is 4.35. The van der Waals surface area contributed by atoms with Crippen molar-refractivity contribution in [2.45, 2.75) is 38.5 Å². The topological polar surface area (TPSA) is 24.5 Å². The molecule has 2 unspecified atom stereocenters. The van der Waals surface area contributed by atoms with Crippen LogP contribution in [0.4, 0.5) is 0 Å². The quantitative estimate of drug-likeness (QED) is 0.821. The Balaban J connectivity index is 1.67. The van der Waals surface area contributed by atoms with Crippen molar-refractivity contribution in [2.75, 3.05) is 26.7 Å². The number of hydrogen-bond acceptors (Lipinski definition) is 4. The van der Waals surface area contributed by atoms with E-state index < -0.39 is 0 Å². The van der Waals surface area contributed by atoms with E-state index in [1.165, 1.54) is 18.4 Å². The predicted octanol–water partition coefficient (Wildman–Crippen LogP) is 2.34. The Morgan fingerprint density at radius 2 is 2.28 bits per heavy atom. The summed E-state index contributed by atoms with van der Waals surface area (Å²) in [5.74, 6) is 0. The van der Waals surface area contributed by atoms with E-state index >= 15 is 0 Å². The van der Waals surface area contributed by atoms with Crippen molar-refractivity contribution in [1.82, 2.24) is 10.2 Å². The summed E-state index contributed by atoms with van der Waals surface area (Å²) in [5.41, 5.74) is 1.41. The van der Waals surface area contributed by atoms with Crippen molar-refractivity contribution >= 4 is 11.3 Å². The molecule has 1 aliphatic rings. The van der Waals surface area contributed by atoms with E-state index in [1.54, 1.807) is 11.3 Å². The molecule has 0 radical (unpaired) electrons. The van der Waals surface area contributed by atoms with Gasteiger partial charge in [0.2, 0.25) is 0 Å². The molecule has 0 aliphatic carbocycles. The summed E-state index contributed by atoms with van der Waals surface area (Å²) < 4.78 is 6.05. The number of thiophene rings is 1. The lowest BCUT2D eigenvalue weighted by atomic mass is 10.2. The molecular weight excluding hydrogens is 244 g/mol. The van der Waals surface area contributed by atoms with Crippen LogP contribution in [-0.4, -0.2) is 43.8 Å². The lowest BCUT2D eigenvalue weighted by molar-refractivity contribution is 0.0270. The maximum absolute atomic E-state index is 6.05. The number of hydrogen-bond donors (Lipinski definition) is 1. The zero-order valence-corrected chi connectivity index (χ0v) is 12.2. The highest BCUT2D eigenvalue weighted by molar-refractivity contribution is 7.07. The number of rotatable bonds is 7. The summed E-state index contributed by atoms with van der Waals surface area (Å²) in [6, 6.07) is 2.20. The summed E-state index contributed by atoms with van der Waals surface area (Å²) >= 11 is 1.77. The second-order valence-electron chi connectivity index (χ2n) is 5.09. The van der Waals surface area contributed by atoms with Gasteiger partial charge in [-0.05, 0) is 48.8 Å². The Bertz CT molecular complexity index is 329. The molecule has 102 valence electrons. The molecule has 2 rings (SSSR count). The first-order valence-corrected chi connectivity index (χ1v) is 7.78. The van der Waals surface area contributed by atoms with Crippen LogP contribution < -0.4 is 5.32 Å². The number of nitrogens with one attached hydrogen (secondary N) is 1. The van der Waals surface area contributed by atoms with E-state index in [2.05, 4.69) is 41.0 Å². The smallest absolute Gasteiger partial charge is 0.0707 e. The van der Waals surface area contributed by atoms with Crippen molar-refractivity contribution in [2.24, 2.45) is 0 Å². The Morgan fingerprint density at radius 1 is 1.44 bits per heavy atom. The zero-order valence-electron chi connectivity index (χ0n) is 11.4. The first-order valence-electron chi connectivity index (χ1n) is 6.83. The van der Waals surface area contributed by atoms with Gasteiger partial charge in [0.05, 0.1) is 12.2 Å². The van der Waals surface area contributed by atoms with Crippen molar-refractivity contribution in [3.8, 4) is 0 Å². The van der Waals surface area contributed by atoms with Crippen molar-refractivity contribution in [1.29, 1.82) is 0 Å². The molecule has 18 heavy (non-hydrogen) atoms. The Morgan fingerprint density at radius 3 is 3.00 bits per heavy atom. The fraction of sp³-hybridized carbons (Fsp3) is 0.714. The molecule has 0 aromatic carbocycles. The van der Waals surface area contributed by atoms with Crippen LogP contribution in [0.2, 0.25) is 0 Å². The Hall–Kier alpha value is -0.420. The summed E-state index contributed by atoms with van der Waals surface area (Å²) in [6.07, 6.45) is 3.23. The minimum atomic E-state index is 0.414. The highest BCUT2D eigenvalue weighted by atomic mass is 32.1. The molecule has 0 saturated carbocycles. The highest BCUT2D eigenvalue weighted by Gasteiger charge is 2.25. The average molecular weight is 268 g/mol. The minimum Gasteiger partial charge on any atom is -0.372 e. The molecule has 1 fully saturated rings. The van der Waals surface area contributed by atoms with E-state index in [1.807, 2.05) is 0 Å². The van der Waals surface area contributed by atoms with Crippen LogP contribution in [-0.2, 0) is 11.3 Å². The van der Waals surface area contributed by atoms with Crippen molar-refractivity contribution in [3.63, 3.8) is 0 Å². The molecule has 1 saturated heterocycles. The molecule has 2 heterocycles. The van der Waals surface area contributed by atoms with Gasteiger partial charge in [-0.1, -0.05) is 6.92 Å². The summed E-state index contributed by atoms with van der Waals surface area (Å²) in [4.78, 5) is 2.36. The zero-order chi connectivity index (χ0) is 12.8. The molecule has 0 spiro atoms. The molecule has 1 N–H and O–H groups in total. The molecule has 3 nitrogen and oxygen atoms in total. The van der Waals surface area contributed by atoms with Crippen molar-refractivity contribution in [3.05, 3.63) is 22.4 Å². The molecule has 2 atom stereocenters. The van der Waals surface area contributed by atoms with Gasteiger partial charge in [-0.25, -0.2) is 0 Å². The molecule has 4 heteroatoms. The van der Waals surface area contributed by atoms with Gasteiger partial charge in [-0.3, -0.25) is 4.90 Å². The number of nitrogens with zero attached hydrogens (tertiary/aromatic N) is 1. The van der Waals surface area contributed by atoms with Gasteiger partial charge < -0.3 is 10.1 Å². The van der Waals surface area contributed by atoms with Crippen LogP contribution in [0.5, 0.6) is 0 Å². The molecule has 0 amide bonds. The molecule has 1 aromatic heterocycles. The molecule has 0 bridgehead atoms. The van der Waals surface area contributed by atoms with E-state index in [4.69, 9.17) is 4.74 Å². The summed E-state index contributed by atoms with van der Waals surface area (Å²) in [7, 11) is 2.18. The molecule has 1 aromatic rings. The van der Waals surface area contributed by atoms with Gasteiger partial charge in [-0.15, -0.1) is 0 Å². The maximum Gasteiger partial charge on any atom is 0.0707 e. The lowest BCUT2D eigenvalue weighted by Gasteiger charge is -2.21. The van der Waals surface area contributed by atoms with Gasteiger partial charge in [0.25, 0.3) is 0 Å². The maximum atomic E-state index is 6.05. The standard InChI is InChI=1S/C14H24N2OS/c1-3-15-8-13-4-5-14(17-13)10-16(2)9-12-6-7-18-11-12/h6-7,11,13-15H,3-5,8-10H2,1-2H3. The van der Waals surface area contributed by atoms with Crippen LogP contribution in [0.25, 0.3) is 0 Å². The van der Waals surface area contributed by atoms with E-state index in [0.717, 1.165) is 26.2 Å². The largest absolute Gasteiger partial charge is 0.372 e. The third-order valence-electron chi connectivity index (χ3n) is 3.37. The Labute approximate surface area is 114 Å². The molecule has 1 aliphatic heterocycles. The fourth-order valence-corrected chi connectivity index (χ4v) is 3.14. The third-order valence-corrected chi connectivity index (χ3v) is 4.10. The van der Waals surface area contributed by atoms with Crippen LogP contribution in [0.1, 0.15) is 25.3 Å². The SMILES string of the molecule is CCNCC1CCC(CN(C)Cc2ccsc2)O1. The van der Waals surface area contributed by atoms with Gasteiger partial charge in [0.15, 0.2) is 0 Å². The normalized spacial score (nSPS) is 23.9. The van der Waals surface area contributed by atoms with Gasteiger partial charge in [0, 0.05) is 19.6 Å². The van der Waals surface area contributed by atoms with E-state index in [0.29, 0.717) is 12.2 Å². The van der Waals surface area contributed by atoms with Crippen LogP contribution >= 0.6 is 11.3 Å². The predicted molar refractivity (Wildman–Crippen MR) is 77.1 cm³/mol. The van der Waals surface area contributed by atoms with Crippen molar-refractivity contribution < 1.29 is 4.74 Å². The summed E-state index contributed by atoms with van der Waals surface area (Å²) in [6.45, 7) is 6.24. The number of ether oxygens (including phenoxy) is 1. The Kier molecular flexibility index (Phi) is 5.63. The molecular formula is C14H24N2OS. The highest BCUT2D eigenvalue weighted by Crippen LogP contribution is 2.20. The van der Waals surface area contributed by atoms with Gasteiger partial charge in [0.1, 0.15) is 0 Å². The second kappa shape index (κ2) is 7.24. The fourth-order valence-electron chi connectivity index (χ4n) is 2.48. The van der Waals surface area contributed by atoms with Gasteiger partial charge >= 0.3 is 0 Å². The summed E-state index contributed by atoms with van der Waals surface area (Å²) in [5, 5.41) is 7.73. The van der Waals surface area contributed by atoms with Crippen LogP contribution in [0.15, 0.2) is 16.8 Å². The first kappa shape index (κ1) is 14.0. The lowest BCUT2D eigenvalue weighted by Crippen LogP contribution is -2.31. The monoisotopic (exact) mass is 268 g/mol. The van der Waals surface area contributed by atoms with Crippen LogP contribution in [0, 0.1) is 0 Å². The van der Waals surface area contributed by atoms with Crippen LogP contribution in [0.3, 0.4) is 0 Å². The van der Waals surface area contributed by atoms with E-state index in [-0.39, 0.29) is 0 Å².